The van der Waals surface area contributed by atoms with Gasteiger partial charge in [0.2, 0.25) is 0 Å². The molecule has 0 fully saturated rings. The summed E-state index contributed by atoms with van der Waals surface area (Å²) in [6, 6.07) is 3.66. The van der Waals surface area contributed by atoms with Crippen LogP contribution in [0.3, 0.4) is 0 Å². The molecule has 2 aromatic rings. The lowest BCUT2D eigenvalue weighted by atomic mass is 10.1. The van der Waals surface area contributed by atoms with Crippen molar-refractivity contribution in [2.45, 2.75) is 13.0 Å². The second-order valence-corrected chi connectivity index (χ2v) is 3.48. The van der Waals surface area contributed by atoms with Crippen LogP contribution in [0.15, 0.2) is 30.9 Å². The fourth-order valence-corrected chi connectivity index (χ4v) is 1.42. The number of nitrogens with two attached hydrogens (primary N) is 1. The Morgan fingerprint density at radius 3 is 3.00 bits per heavy atom. The van der Waals surface area contributed by atoms with Gasteiger partial charge in [-0.15, -0.1) is 0 Å². The van der Waals surface area contributed by atoms with Crippen LogP contribution in [0.4, 0.5) is 5.69 Å². The molecule has 0 aliphatic heterocycles. The van der Waals surface area contributed by atoms with Gasteiger partial charge in [-0.05, 0) is 13.0 Å². The van der Waals surface area contributed by atoms with Crippen molar-refractivity contribution in [1.29, 1.82) is 5.26 Å². The minimum Gasteiger partial charge on any atom is -0.397 e. The topological polar surface area (TPSA) is 80.5 Å². The SMILES string of the molecule is CC(C#N)n1cc(-c2ccncc2N)cn1. The number of hydrogen-bond donors (Lipinski definition) is 1. The smallest absolute Gasteiger partial charge is 0.135 e. The van der Waals surface area contributed by atoms with Gasteiger partial charge in [0.1, 0.15) is 6.04 Å². The van der Waals surface area contributed by atoms with Crippen molar-refractivity contribution < 1.29 is 0 Å². The highest BCUT2D eigenvalue weighted by Crippen LogP contribution is 2.24. The Morgan fingerprint density at radius 1 is 1.50 bits per heavy atom. The molecule has 2 aromatic heterocycles. The summed E-state index contributed by atoms with van der Waals surface area (Å²) in [5.74, 6) is 0. The van der Waals surface area contributed by atoms with Gasteiger partial charge in [-0.25, -0.2) is 0 Å². The Morgan fingerprint density at radius 2 is 2.31 bits per heavy atom. The normalized spacial score (nSPS) is 12.0. The fraction of sp³-hybridized carbons (Fsp3) is 0.182. The number of rotatable bonds is 2. The van der Waals surface area contributed by atoms with Crippen LogP contribution in [0.25, 0.3) is 11.1 Å². The number of nitrogen functional groups attached to an aromatic ring is 1. The van der Waals surface area contributed by atoms with Crippen LogP contribution in [0.2, 0.25) is 0 Å². The van der Waals surface area contributed by atoms with Crippen molar-refractivity contribution in [3.05, 3.63) is 30.9 Å². The third kappa shape index (κ3) is 1.73. The molecular formula is C11H11N5. The van der Waals surface area contributed by atoms with Gasteiger partial charge in [0.15, 0.2) is 0 Å². The Balaban J connectivity index is 2.40. The Hall–Kier alpha value is -2.35. The molecule has 0 amide bonds. The number of nitriles is 1. The first-order chi connectivity index (χ1) is 7.72. The summed E-state index contributed by atoms with van der Waals surface area (Å²) in [7, 11) is 0. The first-order valence-corrected chi connectivity index (χ1v) is 4.86. The zero-order valence-corrected chi connectivity index (χ0v) is 8.83. The van der Waals surface area contributed by atoms with E-state index >= 15 is 0 Å². The van der Waals surface area contributed by atoms with E-state index in [1.54, 1.807) is 36.4 Å². The van der Waals surface area contributed by atoms with Gasteiger partial charge in [0, 0.05) is 23.5 Å². The van der Waals surface area contributed by atoms with Crippen LogP contribution in [-0.4, -0.2) is 14.8 Å². The van der Waals surface area contributed by atoms with E-state index < -0.39 is 0 Å². The second-order valence-electron chi connectivity index (χ2n) is 3.48. The molecule has 0 spiro atoms. The minimum atomic E-state index is -0.281. The van der Waals surface area contributed by atoms with Crippen LogP contribution >= 0.6 is 0 Å². The van der Waals surface area contributed by atoms with Crippen LogP contribution in [0, 0.1) is 11.3 Å². The van der Waals surface area contributed by atoms with Gasteiger partial charge in [0.25, 0.3) is 0 Å². The van der Waals surface area contributed by atoms with E-state index in [9.17, 15) is 0 Å². The highest BCUT2D eigenvalue weighted by molar-refractivity contribution is 5.74. The Bertz CT molecular complexity index is 537. The monoisotopic (exact) mass is 213 g/mol. The molecule has 2 rings (SSSR count). The summed E-state index contributed by atoms with van der Waals surface area (Å²) in [6.45, 7) is 1.78. The molecule has 0 aromatic carbocycles. The first kappa shape index (κ1) is 10.2. The van der Waals surface area contributed by atoms with Crippen molar-refractivity contribution in [1.82, 2.24) is 14.8 Å². The molecule has 0 aliphatic rings. The standard InChI is InChI=1S/C11H11N5/c1-8(4-12)16-7-9(5-15-16)10-2-3-14-6-11(10)13/h2-3,5-8H,13H2,1H3. The second kappa shape index (κ2) is 4.03. The van der Waals surface area contributed by atoms with Gasteiger partial charge in [0.05, 0.1) is 24.2 Å². The summed E-state index contributed by atoms with van der Waals surface area (Å²) < 4.78 is 1.61. The van der Waals surface area contributed by atoms with Gasteiger partial charge in [-0.1, -0.05) is 0 Å². The maximum Gasteiger partial charge on any atom is 0.135 e. The minimum absolute atomic E-state index is 0.281. The number of aromatic nitrogens is 3. The summed E-state index contributed by atoms with van der Waals surface area (Å²) in [4.78, 5) is 3.92. The summed E-state index contributed by atoms with van der Waals surface area (Å²) in [6.07, 6.45) is 6.77. The third-order valence-corrected chi connectivity index (χ3v) is 2.35. The fourth-order valence-electron chi connectivity index (χ4n) is 1.42. The van der Waals surface area contributed by atoms with Gasteiger partial charge in [-0.2, -0.15) is 10.4 Å². The lowest BCUT2D eigenvalue weighted by molar-refractivity contribution is 0.591. The van der Waals surface area contributed by atoms with Gasteiger partial charge < -0.3 is 5.73 Å². The number of anilines is 1. The third-order valence-electron chi connectivity index (χ3n) is 2.35. The van der Waals surface area contributed by atoms with E-state index in [0.29, 0.717) is 5.69 Å². The number of nitrogens with zero attached hydrogens (tertiary/aromatic N) is 4. The summed E-state index contributed by atoms with van der Waals surface area (Å²) in [5.41, 5.74) is 8.18. The highest BCUT2D eigenvalue weighted by atomic mass is 15.3. The van der Waals surface area contributed by atoms with Crippen molar-refractivity contribution >= 4 is 5.69 Å². The van der Waals surface area contributed by atoms with Crippen molar-refractivity contribution in [2.24, 2.45) is 0 Å². The van der Waals surface area contributed by atoms with E-state index in [2.05, 4.69) is 16.2 Å². The van der Waals surface area contributed by atoms with Gasteiger partial charge in [-0.3, -0.25) is 9.67 Å². The molecule has 5 nitrogen and oxygen atoms in total. The van der Waals surface area contributed by atoms with Crippen LogP contribution in [0.5, 0.6) is 0 Å². The van der Waals surface area contributed by atoms with E-state index in [1.165, 1.54) is 0 Å². The predicted molar refractivity (Wildman–Crippen MR) is 60.2 cm³/mol. The quantitative estimate of drug-likeness (QED) is 0.821. The van der Waals surface area contributed by atoms with Crippen molar-refractivity contribution in [2.75, 3.05) is 5.73 Å². The zero-order valence-electron chi connectivity index (χ0n) is 8.83. The number of hydrogen-bond acceptors (Lipinski definition) is 4. The maximum atomic E-state index is 8.78. The molecule has 2 N–H and O–H groups in total. The van der Waals surface area contributed by atoms with E-state index in [4.69, 9.17) is 11.0 Å². The molecule has 16 heavy (non-hydrogen) atoms. The highest BCUT2D eigenvalue weighted by Gasteiger charge is 2.08. The van der Waals surface area contributed by atoms with Crippen LogP contribution in [0.1, 0.15) is 13.0 Å². The Labute approximate surface area is 93.1 Å². The van der Waals surface area contributed by atoms with Crippen molar-refractivity contribution in [3.8, 4) is 17.2 Å². The molecule has 2 heterocycles. The molecular weight excluding hydrogens is 202 g/mol. The van der Waals surface area contributed by atoms with Gasteiger partial charge >= 0.3 is 0 Å². The van der Waals surface area contributed by atoms with E-state index in [-0.39, 0.29) is 6.04 Å². The van der Waals surface area contributed by atoms with Crippen LogP contribution < -0.4 is 5.73 Å². The molecule has 80 valence electrons. The average molecular weight is 213 g/mol. The molecule has 5 heteroatoms. The maximum absolute atomic E-state index is 8.78. The molecule has 0 radical (unpaired) electrons. The molecule has 1 atom stereocenters. The summed E-state index contributed by atoms with van der Waals surface area (Å²) in [5, 5.41) is 12.9. The van der Waals surface area contributed by atoms with Crippen molar-refractivity contribution in [3.63, 3.8) is 0 Å². The molecule has 0 aliphatic carbocycles. The van der Waals surface area contributed by atoms with E-state index in [0.717, 1.165) is 11.1 Å². The largest absolute Gasteiger partial charge is 0.397 e. The zero-order chi connectivity index (χ0) is 11.5. The lowest BCUT2D eigenvalue weighted by Gasteiger charge is -2.02. The Kier molecular flexibility index (Phi) is 2.56. The average Bonchev–Trinajstić information content (AvgIpc) is 2.78. The first-order valence-electron chi connectivity index (χ1n) is 4.86. The van der Waals surface area contributed by atoms with Crippen LogP contribution in [-0.2, 0) is 0 Å². The molecule has 1 unspecified atom stereocenters. The number of pyridine rings is 1. The molecule has 0 bridgehead atoms. The molecule has 0 saturated carbocycles. The molecule has 0 saturated heterocycles. The van der Waals surface area contributed by atoms with E-state index in [1.807, 2.05) is 6.07 Å². The summed E-state index contributed by atoms with van der Waals surface area (Å²) >= 11 is 0. The lowest BCUT2D eigenvalue weighted by Crippen LogP contribution is -2.01. The predicted octanol–water partition coefficient (Wildman–Crippen LogP) is 1.61.